The van der Waals surface area contributed by atoms with Gasteiger partial charge in [-0.15, -0.1) is 0 Å². The largest absolute Gasteiger partial charge is 0.354 e. The van der Waals surface area contributed by atoms with Gasteiger partial charge >= 0.3 is 0 Å². The smallest absolute Gasteiger partial charge is 0.240 e. The second kappa shape index (κ2) is 6.49. The van der Waals surface area contributed by atoms with Crippen molar-refractivity contribution in [3.05, 3.63) is 29.3 Å². The number of hydrogen-bond donors (Lipinski definition) is 1. The third kappa shape index (κ3) is 3.93. The van der Waals surface area contributed by atoms with Crippen LogP contribution in [0.5, 0.6) is 0 Å². The summed E-state index contributed by atoms with van der Waals surface area (Å²) in [5, 5.41) is 0.480. The Morgan fingerprint density at radius 3 is 2.11 bits per heavy atom. The third-order valence-corrected chi connectivity index (χ3v) is 4.16. The van der Waals surface area contributed by atoms with Crippen LogP contribution in [0.15, 0.2) is 29.2 Å². The molecule has 1 rings (SSSR count). The van der Waals surface area contributed by atoms with Crippen LogP contribution in [-0.2, 0) is 19.5 Å². The highest BCUT2D eigenvalue weighted by atomic mass is 35.5. The molecule has 0 aromatic heterocycles. The van der Waals surface area contributed by atoms with Crippen LogP contribution >= 0.6 is 11.6 Å². The van der Waals surface area contributed by atoms with Crippen molar-refractivity contribution in [1.29, 1.82) is 0 Å². The molecule has 0 bridgehead atoms. The van der Waals surface area contributed by atoms with Gasteiger partial charge < -0.3 is 9.47 Å². The molecule has 0 aliphatic heterocycles. The Kier molecular flexibility index (Phi) is 5.55. The average Bonchev–Trinajstić information content (AvgIpc) is 2.30. The predicted molar refractivity (Wildman–Crippen MR) is 69.0 cm³/mol. The molecule has 0 fully saturated rings. The predicted octanol–water partition coefficient (Wildman–Crippen LogP) is 1.63. The topological polar surface area (TPSA) is 64.6 Å². The molecule has 1 unspecified atom stereocenters. The highest BCUT2D eigenvalue weighted by molar-refractivity contribution is 7.89. The van der Waals surface area contributed by atoms with Crippen molar-refractivity contribution < 1.29 is 17.9 Å². The highest BCUT2D eigenvalue weighted by Gasteiger charge is 2.23. The molecule has 0 spiro atoms. The summed E-state index contributed by atoms with van der Waals surface area (Å²) in [5.74, 6) is 0. The van der Waals surface area contributed by atoms with Gasteiger partial charge in [0.2, 0.25) is 10.0 Å². The Bertz CT molecular complexity index is 470. The second-order valence-corrected chi connectivity index (χ2v) is 5.85. The van der Waals surface area contributed by atoms with Crippen LogP contribution in [0.1, 0.15) is 6.92 Å². The van der Waals surface area contributed by atoms with Gasteiger partial charge in [-0.2, -0.15) is 0 Å². The van der Waals surface area contributed by atoms with Gasteiger partial charge in [0.25, 0.3) is 0 Å². The maximum atomic E-state index is 12.0. The molecule has 0 saturated heterocycles. The fourth-order valence-electron chi connectivity index (χ4n) is 1.49. The van der Waals surface area contributed by atoms with Crippen LogP contribution in [-0.4, -0.2) is 35.0 Å². The molecule has 0 aliphatic carbocycles. The Balaban J connectivity index is 2.85. The van der Waals surface area contributed by atoms with Crippen molar-refractivity contribution in [2.45, 2.75) is 24.2 Å². The van der Waals surface area contributed by atoms with E-state index in [9.17, 15) is 8.42 Å². The van der Waals surface area contributed by atoms with Crippen LogP contribution < -0.4 is 4.72 Å². The summed E-state index contributed by atoms with van der Waals surface area (Å²) in [5.41, 5.74) is 0. The van der Waals surface area contributed by atoms with Gasteiger partial charge in [-0.25, -0.2) is 13.1 Å². The number of ether oxygens (including phenoxy) is 2. The van der Waals surface area contributed by atoms with Crippen LogP contribution in [0.25, 0.3) is 0 Å². The van der Waals surface area contributed by atoms with Crippen molar-refractivity contribution in [3.63, 3.8) is 0 Å². The number of halogens is 1. The molecule has 102 valence electrons. The molecular weight excluding hydrogens is 278 g/mol. The Morgan fingerprint density at radius 2 is 1.67 bits per heavy atom. The first-order chi connectivity index (χ1) is 8.40. The summed E-state index contributed by atoms with van der Waals surface area (Å²) >= 11 is 5.71. The van der Waals surface area contributed by atoms with Crippen LogP contribution in [0.2, 0.25) is 5.02 Å². The molecule has 1 N–H and O–H groups in total. The first-order valence-corrected chi connectivity index (χ1v) is 7.10. The summed E-state index contributed by atoms with van der Waals surface area (Å²) in [6.07, 6.45) is -0.646. The Hall–Kier alpha value is -0.660. The van der Waals surface area contributed by atoms with E-state index in [4.69, 9.17) is 21.1 Å². The Morgan fingerprint density at radius 1 is 1.17 bits per heavy atom. The van der Waals surface area contributed by atoms with Crippen LogP contribution in [0.4, 0.5) is 0 Å². The van der Waals surface area contributed by atoms with E-state index in [-0.39, 0.29) is 4.90 Å². The van der Waals surface area contributed by atoms with Gasteiger partial charge in [0.1, 0.15) is 0 Å². The Labute approximate surface area is 112 Å². The van der Waals surface area contributed by atoms with Crippen molar-refractivity contribution in [3.8, 4) is 0 Å². The summed E-state index contributed by atoms with van der Waals surface area (Å²) < 4.78 is 36.5. The summed E-state index contributed by atoms with van der Waals surface area (Å²) in [4.78, 5) is 0.143. The minimum Gasteiger partial charge on any atom is -0.354 e. The standard InChI is InChI=1S/C11H16ClNO4S/c1-8(11(16-2)17-3)13-18(14,15)10-6-4-9(12)5-7-10/h4-8,11,13H,1-3H3. The molecular formula is C11H16ClNO4S. The fourth-order valence-corrected chi connectivity index (χ4v) is 2.84. The van der Waals surface area contributed by atoms with Crippen molar-refractivity contribution in [1.82, 2.24) is 4.72 Å². The van der Waals surface area contributed by atoms with Gasteiger partial charge in [0, 0.05) is 19.2 Å². The van der Waals surface area contributed by atoms with Gasteiger partial charge in [-0.05, 0) is 31.2 Å². The lowest BCUT2D eigenvalue weighted by atomic mass is 10.3. The maximum Gasteiger partial charge on any atom is 0.240 e. The first kappa shape index (κ1) is 15.4. The molecule has 0 radical (unpaired) electrons. The number of nitrogens with one attached hydrogen (secondary N) is 1. The second-order valence-electron chi connectivity index (χ2n) is 3.70. The summed E-state index contributed by atoms with van der Waals surface area (Å²) in [7, 11) is -0.719. The van der Waals surface area contributed by atoms with E-state index < -0.39 is 22.4 Å². The fraction of sp³-hybridized carbons (Fsp3) is 0.455. The van der Waals surface area contributed by atoms with E-state index in [1.807, 2.05) is 0 Å². The SMILES string of the molecule is COC(OC)C(C)NS(=O)(=O)c1ccc(Cl)cc1. The number of rotatable bonds is 6. The molecule has 1 aromatic rings. The quantitative estimate of drug-likeness (QED) is 0.810. The van der Waals surface area contributed by atoms with Crippen molar-refractivity contribution in [2.24, 2.45) is 0 Å². The number of hydrogen-bond acceptors (Lipinski definition) is 4. The summed E-state index contributed by atoms with van der Waals surface area (Å²) in [6.45, 7) is 1.66. The highest BCUT2D eigenvalue weighted by Crippen LogP contribution is 2.14. The van der Waals surface area contributed by atoms with E-state index in [0.717, 1.165) is 0 Å². The molecule has 0 aliphatic rings. The minimum absolute atomic E-state index is 0.143. The number of benzene rings is 1. The van der Waals surface area contributed by atoms with E-state index in [1.165, 1.54) is 38.5 Å². The molecule has 0 heterocycles. The molecule has 18 heavy (non-hydrogen) atoms. The first-order valence-electron chi connectivity index (χ1n) is 5.24. The zero-order valence-electron chi connectivity index (χ0n) is 10.4. The number of sulfonamides is 1. The molecule has 1 aromatic carbocycles. The van der Waals surface area contributed by atoms with E-state index in [2.05, 4.69) is 4.72 Å². The van der Waals surface area contributed by atoms with Crippen LogP contribution in [0, 0.1) is 0 Å². The lowest BCUT2D eigenvalue weighted by Gasteiger charge is -2.21. The lowest BCUT2D eigenvalue weighted by molar-refractivity contribution is -0.115. The third-order valence-electron chi connectivity index (χ3n) is 2.34. The zero-order valence-corrected chi connectivity index (χ0v) is 12.0. The molecule has 1 atom stereocenters. The minimum atomic E-state index is -3.61. The molecule has 5 nitrogen and oxygen atoms in total. The lowest BCUT2D eigenvalue weighted by Crippen LogP contribution is -2.42. The average molecular weight is 294 g/mol. The molecule has 0 amide bonds. The van der Waals surface area contributed by atoms with Gasteiger partial charge in [0.05, 0.1) is 10.9 Å². The van der Waals surface area contributed by atoms with Crippen molar-refractivity contribution in [2.75, 3.05) is 14.2 Å². The maximum absolute atomic E-state index is 12.0. The molecule has 0 saturated carbocycles. The van der Waals surface area contributed by atoms with E-state index in [1.54, 1.807) is 6.92 Å². The van der Waals surface area contributed by atoms with Gasteiger partial charge in [-0.1, -0.05) is 11.6 Å². The van der Waals surface area contributed by atoms with E-state index >= 15 is 0 Å². The van der Waals surface area contributed by atoms with Crippen molar-refractivity contribution >= 4 is 21.6 Å². The monoisotopic (exact) mass is 293 g/mol. The van der Waals surface area contributed by atoms with Gasteiger partial charge in [-0.3, -0.25) is 0 Å². The van der Waals surface area contributed by atoms with Crippen LogP contribution in [0.3, 0.4) is 0 Å². The van der Waals surface area contributed by atoms with Gasteiger partial charge in [0.15, 0.2) is 6.29 Å². The summed E-state index contributed by atoms with van der Waals surface area (Å²) in [6, 6.07) is 5.40. The van der Waals surface area contributed by atoms with E-state index in [0.29, 0.717) is 5.02 Å². The zero-order chi connectivity index (χ0) is 13.8. The molecule has 7 heteroatoms. The normalized spacial score (nSPS) is 13.8. The number of methoxy groups -OCH3 is 2.